The van der Waals surface area contributed by atoms with Gasteiger partial charge in [-0.25, -0.2) is 14.8 Å². The minimum atomic E-state index is -1.04. The second-order valence-corrected chi connectivity index (χ2v) is 4.46. The average molecular weight is 235 g/mol. The van der Waals surface area contributed by atoms with Crippen LogP contribution in [0.3, 0.4) is 0 Å². The van der Waals surface area contributed by atoms with Crippen molar-refractivity contribution in [2.24, 2.45) is 0 Å². The third kappa shape index (κ3) is 2.23. The molecule has 0 aromatic carbocycles. The average Bonchev–Trinajstić information content (AvgIpc) is 2.70. The van der Waals surface area contributed by atoms with Crippen LogP contribution in [-0.4, -0.2) is 33.1 Å². The summed E-state index contributed by atoms with van der Waals surface area (Å²) in [6.07, 6.45) is 6.29. The summed E-state index contributed by atoms with van der Waals surface area (Å²) in [5, 5.41) is 8.78. The molecule has 92 valence electrons. The lowest BCUT2D eigenvalue weighted by Gasteiger charge is -2.28. The molecule has 1 N–H and O–H groups in total. The molecule has 0 spiro atoms. The highest BCUT2D eigenvalue weighted by Gasteiger charge is 2.30. The van der Waals surface area contributed by atoms with Gasteiger partial charge in [-0.1, -0.05) is 6.92 Å². The van der Waals surface area contributed by atoms with E-state index in [9.17, 15) is 4.79 Å². The zero-order valence-corrected chi connectivity index (χ0v) is 10.1. The van der Waals surface area contributed by atoms with Crippen LogP contribution in [0.25, 0.3) is 0 Å². The van der Waals surface area contributed by atoms with E-state index in [1.54, 1.807) is 6.20 Å². The van der Waals surface area contributed by atoms with Crippen molar-refractivity contribution in [1.29, 1.82) is 0 Å². The molecule has 1 aliphatic heterocycles. The summed E-state index contributed by atoms with van der Waals surface area (Å²) in [6, 6.07) is 0.944. The Morgan fingerprint density at radius 1 is 1.47 bits per heavy atom. The Labute approximate surface area is 100 Å². The molecule has 0 bridgehead atoms. The van der Waals surface area contributed by atoms with E-state index in [1.165, 1.54) is 12.6 Å². The minimum Gasteiger partial charge on any atom is -0.476 e. The first-order chi connectivity index (χ1) is 8.13. The molecule has 5 heteroatoms. The molecule has 17 heavy (non-hydrogen) atoms. The highest BCUT2D eigenvalue weighted by molar-refractivity contribution is 5.84. The molecule has 1 saturated heterocycles. The molecule has 1 fully saturated rings. The molecule has 1 aromatic heterocycles. The number of carboxylic acid groups (broad SMARTS) is 1. The number of aromatic carboxylic acids is 1. The number of aromatic nitrogens is 2. The Kier molecular flexibility index (Phi) is 3.26. The molecule has 2 unspecified atom stereocenters. The number of carbonyl (C=O) groups is 1. The van der Waals surface area contributed by atoms with Crippen LogP contribution >= 0.6 is 0 Å². The second kappa shape index (κ2) is 4.69. The topological polar surface area (TPSA) is 66.3 Å². The van der Waals surface area contributed by atoms with Gasteiger partial charge in [0.15, 0.2) is 5.69 Å². The van der Waals surface area contributed by atoms with Crippen molar-refractivity contribution in [2.75, 3.05) is 4.90 Å². The minimum absolute atomic E-state index is 0.00588. The summed E-state index contributed by atoms with van der Waals surface area (Å²) in [7, 11) is 0. The molecule has 0 aliphatic carbocycles. The van der Waals surface area contributed by atoms with E-state index in [-0.39, 0.29) is 5.69 Å². The Balaban J connectivity index is 2.24. The summed E-state index contributed by atoms with van der Waals surface area (Å²) >= 11 is 0. The van der Waals surface area contributed by atoms with Crippen LogP contribution in [0.2, 0.25) is 0 Å². The summed E-state index contributed by atoms with van der Waals surface area (Å²) in [5.41, 5.74) is -0.00588. The Morgan fingerprint density at radius 3 is 2.76 bits per heavy atom. The quantitative estimate of drug-likeness (QED) is 0.867. The van der Waals surface area contributed by atoms with E-state index in [2.05, 4.69) is 28.7 Å². The lowest BCUT2D eigenvalue weighted by atomic mass is 10.1. The lowest BCUT2D eigenvalue weighted by Crippen LogP contribution is -2.34. The number of hydrogen-bond donors (Lipinski definition) is 1. The molecule has 0 amide bonds. The fraction of sp³-hybridized carbons (Fsp3) is 0.583. The summed E-state index contributed by atoms with van der Waals surface area (Å²) in [4.78, 5) is 21.1. The SMILES string of the molecule is CCC1CCC(C)N1c1cnc(C(=O)O)cn1. The van der Waals surface area contributed by atoms with Crippen molar-refractivity contribution in [3.63, 3.8) is 0 Å². The zero-order chi connectivity index (χ0) is 12.4. The number of rotatable bonds is 3. The van der Waals surface area contributed by atoms with Crippen LogP contribution in [0.1, 0.15) is 43.6 Å². The molecule has 1 aromatic rings. The molecule has 0 radical (unpaired) electrons. The number of carboxylic acids is 1. The predicted octanol–water partition coefficient (Wildman–Crippen LogP) is 1.94. The van der Waals surface area contributed by atoms with Crippen LogP contribution in [0, 0.1) is 0 Å². The van der Waals surface area contributed by atoms with Crippen molar-refractivity contribution in [3.8, 4) is 0 Å². The van der Waals surface area contributed by atoms with E-state index in [4.69, 9.17) is 5.11 Å². The first-order valence-corrected chi connectivity index (χ1v) is 5.97. The van der Waals surface area contributed by atoms with Gasteiger partial charge < -0.3 is 10.0 Å². The Bertz CT molecular complexity index is 405. The molecule has 1 aliphatic rings. The highest BCUT2D eigenvalue weighted by atomic mass is 16.4. The van der Waals surface area contributed by atoms with Crippen LogP contribution in [-0.2, 0) is 0 Å². The van der Waals surface area contributed by atoms with E-state index in [0.29, 0.717) is 12.1 Å². The Morgan fingerprint density at radius 2 is 2.24 bits per heavy atom. The summed E-state index contributed by atoms with van der Waals surface area (Å²) < 4.78 is 0. The van der Waals surface area contributed by atoms with Gasteiger partial charge in [-0.15, -0.1) is 0 Å². The van der Waals surface area contributed by atoms with Gasteiger partial charge in [0.1, 0.15) is 5.82 Å². The van der Waals surface area contributed by atoms with E-state index in [1.807, 2.05) is 0 Å². The van der Waals surface area contributed by atoms with Crippen molar-refractivity contribution in [1.82, 2.24) is 9.97 Å². The van der Waals surface area contributed by atoms with Crippen LogP contribution in [0.5, 0.6) is 0 Å². The van der Waals surface area contributed by atoms with Crippen LogP contribution < -0.4 is 4.90 Å². The third-order valence-corrected chi connectivity index (χ3v) is 3.38. The standard InChI is InChI=1S/C12H17N3O2/c1-3-9-5-4-8(2)15(9)11-7-13-10(6-14-11)12(16)17/h6-9H,3-5H2,1-2H3,(H,16,17). The van der Waals surface area contributed by atoms with Gasteiger partial charge in [0, 0.05) is 12.1 Å². The fourth-order valence-corrected chi connectivity index (χ4v) is 2.45. The van der Waals surface area contributed by atoms with E-state index < -0.39 is 5.97 Å². The van der Waals surface area contributed by atoms with Crippen molar-refractivity contribution >= 4 is 11.8 Å². The fourth-order valence-electron chi connectivity index (χ4n) is 2.45. The van der Waals surface area contributed by atoms with Crippen LogP contribution in [0.4, 0.5) is 5.82 Å². The number of anilines is 1. The van der Waals surface area contributed by atoms with Crippen molar-refractivity contribution in [3.05, 3.63) is 18.1 Å². The van der Waals surface area contributed by atoms with Gasteiger partial charge in [-0.3, -0.25) is 0 Å². The zero-order valence-electron chi connectivity index (χ0n) is 10.1. The van der Waals surface area contributed by atoms with Crippen molar-refractivity contribution in [2.45, 2.75) is 45.2 Å². The van der Waals surface area contributed by atoms with Gasteiger partial charge >= 0.3 is 5.97 Å². The predicted molar refractivity (Wildman–Crippen MR) is 64.2 cm³/mol. The normalized spacial score (nSPS) is 24.0. The van der Waals surface area contributed by atoms with Crippen LogP contribution in [0.15, 0.2) is 12.4 Å². The summed E-state index contributed by atoms with van der Waals surface area (Å²) in [5.74, 6) is -0.252. The van der Waals surface area contributed by atoms with Gasteiger partial charge in [0.05, 0.1) is 12.4 Å². The molecule has 5 nitrogen and oxygen atoms in total. The molecule has 2 heterocycles. The maximum absolute atomic E-state index is 10.7. The third-order valence-electron chi connectivity index (χ3n) is 3.38. The van der Waals surface area contributed by atoms with E-state index >= 15 is 0 Å². The molecule has 0 saturated carbocycles. The molecular formula is C12H17N3O2. The highest BCUT2D eigenvalue weighted by Crippen LogP contribution is 2.30. The molecule has 2 atom stereocenters. The molecule has 2 rings (SSSR count). The lowest BCUT2D eigenvalue weighted by molar-refractivity contribution is 0.0690. The monoisotopic (exact) mass is 235 g/mol. The van der Waals surface area contributed by atoms with Gasteiger partial charge in [0.2, 0.25) is 0 Å². The number of nitrogens with zero attached hydrogens (tertiary/aromatic N) is 3. The molecular weight excluding hydrogens is 218 g/mol. The Hall–Kier alpha value is -1.65. The van der Waals surface area contributed by atoms with E-state index in [0.717, 1.165) is 18.7 Å². The first-order valence-electron chi connectivity index (χ1n) is 5.97. The van der Waals surface area contributed by atoms with Gasteiger partial charge in [0.25, 0.3) is 0 Å². The number of hydrogen-bond acceptors (Lipinski definition) is 4. The maximum Gasteiger partial charge on any atom is 0.356 e. The maximum atomic E-state index is 10.7. The largest absolute Gasteiger partial charge is 0.476 e. The van der Waals surface area contributed by atoms with Gasteiger partial charge in [-0.05, 0) is 26.2 Å². The smallest absolute Gasteiger partial charge is 0.356 e. The summed E-state index contributed by atoms with van der Waals surface area (Å²) in [6.45, 7) is 4.33. The first kappa shape index (κ1) is 11.8. The van der Waals surface area contributed by atoms with Gasteiger partial charge in [-0.2, -0.15) is 0 Å². The van der Waals surface area contributed by atoms with Crippen molar-refractivity contribution < 1.29 is 9.90 Å². The second-order valence-electron chi connectivity index (χ2n) is 4.46.